The predicted molar refractivity (Wildman–Crippen MR) is 133 cm³/mol. The van der Waals surface area contributed by atoms with Crippen LogP contribution in [-0.4, -0.2) is 65.2 Å². The number of ketones is 1. The summed E-state index contributed by atoms with van der Waals surface area (Å²) < 4.78 is 18.7. The Hall–Kier alpha value is -3.75. The lowest BCUT2D eigenvalue weighted by Gasteiger charge is -2.37. The van der Waals surface area contributed by atoms with Gasteiger partial charge >= 0.3 is 0 Å². The van der Waals surface area contributed by atoms with Crippen LogP contribution in [0.1, 0.15) is 12.0 Å². The second-order valence-electron chi connectivity index (χ2n) is 8.70. The van der Waals surface area contributed by atoms with E-state index in [4.69, 9.17) is 4.74 Å². The number of halogens is 1. The molecule has 1 aliphatic rings. The number of aryl methyl sites for hydroxylation is 1. The van der Waals surface area contributed by atoms with Gasteiger partial charge in [-0.05, 0) is 60.5 Å². The van der Waals surface area contributed by atoms with Crippen LogP contribution < -0.4 is 9.64 Å². The molecule has 8 heteroatoms. The topological polar surface area (TPSA) is 90.3 Å². The summed E-state index contributed by atoms with van der Waals surface area (Å²) >= 11 is 0. The summed E-state index contributed by atoms with van der Waals surface area (Å²) in [4.78, 5) is 28.8. The van der Waals surface area contributed by atoms with Crippen molar-refractivity contribution in [1.29, 1.82) is 0 Å². The van der Waals surface area contributed by atoms with Gasteiger partial charge in [-0.25, -0.2) is 4.39 Å². The number of para-hydroxylation sites is 1. The molecule has 0 aliphatic carbocycles. The number of amides is 1. The van der Waals surface area contributed by atoms with E-state index in [1.54, 1.807) is 24.3 Å². The van der Waals surface area contributed by atoms with Crippen molar-refractivity contribution in [3.05, 3.63) is 90.2 Å². The summed E-state index contributed by atoms with van der Waals surface area (Å²) in [5.41, 5.74) is 1.90. The molecule has 0 saturated carbocycles. The van der Waals surface area contributed by atoms with Crippen LogP contribution in [0.2, 0.25) is 0 Å². The van der Waals surface area contributed by atoms with Crippen LogP contribution in [0.3, 0.4) is 0 Å². The summed E-state index contributed by atoms with van der Waals surface area (Å²) in [6, 6.07) is 22.6. The number of ether oxygens (including phenoxy) is 1. The fourth-order valence-corrected chi connectivity index (χ4v) is 4.10. The molecule has 1 saturated heterocycles. The Bertz CT molecular complexity index is 1150. The Kier molecular flexibility index (Phi) is 8.30. The molecule has 0 unspecified atom stereocenters. The number of carbonyl (C=O) groups excluding carboxylic acids is 2. The van der Waals surface area contributed by atoms with Crippen molar-refractivity contribution < 1.29 is 28.9 Å². The van der Waals surface area contributed by atoms with Crippen LogP contribution >= 0.6 is 0 Å². The number of piperazine rings is 1. The summed E-state index contributed by atoms with van der Waals surface area (Å²) in [5, 5.41) is 20.7. The molecule has 3 aromatic rings. The fourth-order valence-electron chi connectivity index (χ4n) is 4.10. The molecule has 0 radical (unpaired) electrons. The lowest BCUT2D eigenvalue weighted by atomic mass is 10.0. The highest BCUT2D eigenvalue weighted by atomic mass is 19.1. The maximum atomic E-state index is 13.0. The highest BCUT2D eigenvalue weighted by Crippen LogP contribution is 2.22. The summed E-state index contributed by atoms with van der Waals surface area (Å²) in [5.74, 6) is -0.508. The lowest BCUT2D eigenvalue weighted by molar-refractivity contribution is -0.152. The molecule has 0 spiro atoms. The Labute approximate surface area is 209 Å². The van der Waals surface area contributed by atoms with Gasteiger partial charge in [0.15, 0.2) is 11.9 Å². The number of benzene rings is 3. The Morgan fingerprint density at radius 2 is 1.39 bits per heavy atom. The average Bonchev–Trinajstić information content (AvgIpc) is 2.93. The second-order valence-corrected chi connectivity index (χ2v) is 8.70. The predicted octanol–water partition coefficient (Wildman–Crippen LogP) is 3.19. The highest BCUT2D eigenvalue weighted by Gasteiger charge is 2.34. The van der Waals surface area contributed by atoms with E-state index < -0.39 is 23.9 Å². The van der Waals surface area contributed by atoms with Gasteiger partial charge in [-0.15, -0.1) is 0 Å². The van der Waals surface area contributed by atoms with E-state index >= 15 is 0 Å². The van der Waals surface area contributed by atoms with E-state index in [0.29, 0.717) is 44.1 Å². The third-order valence-corrected chi connectivity index (χ3v) is 6.23. The van der Waals surface area contributed by atoms with Crippen molar-refractivity contribution >= 4 is 17.4 Å². The normalized spacial score (nSPS) is 15.3. The monoisotopic (exact) mass is 492 g/mol. The number of hydrogen-bond acceptors (Lipinski definition) is 6. The van der Waals surface area contributed by atoms with Crippen molar-refractivity contribution in [2.24, 2.45) is 0 Å². The molecule has 36 heavy (non-hydrogen) atoms. The van der Waals surface area contributed by atoms with E-state index in [1.165, 1.54) is 29.2 Å². The summed E-state index contributed by atoms with van der Waals surface area (Å²) in [7, 11) is 0. The Balaban J connectivity index is 1.23. The molecule has 188 valence electrons. The van der Waals surface area contributed by atoms with Gasteiger partial charge in [0.25, 0.3) is 5.91 Å². The number of aliphatic hydroxyl groups is 2. The number of anilines is 1. The van der Waals surface area contributed by atoms with E-state index in [2.05, 4.69) is 4.90 Å². The standard InChI is InChI=1S/C28H29FN2O5/c29-21-9-13-24(14-10-21)36-23-11-6-20(7-12-23)8-15-25(32)26(33)27(34)28(35)31-18-16-30(17-19-31)22-4-2-1-3-5-22/h1-7,9-14,26-27,33-34H,8,15-19H2/t26-,27+/m0/s1. The van der Waals surface area contributed by atoms with Gasteiger partial charge in [0.05, 0.1) is 0 Å². The smallest absolute Gasteiger partial charge is 0.254 e. The Morgan fingerprint density at radius 3 is 2.00 bits per heavy atom. The van der Waals surface area contributed by atoms with Gasteiger partial charge in [0, 0.05) is 38.3 Å². The molecular formula is C28H29FN2O5. The third kappa shape index (κ3) is 6.47. The first-order chi connectivity index (χ1) is 17.4. The first-order valence-electron chi connectivity index (χ1n) is 11.9. The van der Waals surface area contributed by atoms with Gasteiger partial charge in [-0.3, -0.25) is 9.59 Å². The molecule has 1 fully saturated rings. The lowest BCUT2D eigenvalue weighted by Crippen LogP contribution is -2.54. The van der Waals surface area contributed by atoms with Gasteiger partial charge in [-0.1, -0.05) is 30.3 Å². The van der Waals surface area contributed by atoms with Crippen molar-refractivity contribution in [2.75, 3.05) is 31.1 Å². The fraction of sp³-hybridized carbons (Fsp3) is 0.286. The van der Waals surface area contributed by atoms with Gasteiger partial charge in [-0.2, -0.15) is 0 Å². The third-order valence-electron chi connectivity index (χ3n) is 6.23. The van der Waals surface area contributed by atoms with E-state index in [1.807, 2.05) is 30.3 Å². The molecule has 3 aromatic carbocycles. The molecule has 0 bridgehead atoms. The average molecular weight is 493 g/mol. The zero-order valence-electron chi connectivity index (χ0n) is 19.8. The second kappa shape index (κ2) is 11.8. The van der Waals surface area contributed by atoms with Crippen LogP contribution in [0.4, 0.5) is 10.1 Å². The quantitative estimate of drug-likeness (QED) is 0.477. The first-order valence-corrected chi connectivity index (χ1v) is 11.9. The van der Waals surface area contributed by atoms with Crippen LogP contribution in [0.5, 0.6) is 11.5 Å². The molecule has 7 nitrogen and oxygen atoms in total. The summed E-state index contributed by atoms with van der Waals surface area (Å²) in [6.45, 7) is 2.01. The van der Waals surface area contributed by atoms with Crippen LogP contribution in [0.25, 0.3) is 0 Å². The van der Waals surface area contributed by atoms with Gasteiger partial charge in [0.2, 0.25) is 0 Å². The maximum absolute atomic E-state index is 13.0. The SMILES string of the molecule is O=C(CCc1ccc(Oc2ccc(F)cc2)cc1)[C@H](O)[C@@H](O)C(=O)N1CCN(c2ccccc2)CC1. The van der Waals surface area contributed by atoms with Crippen LogP contribution in [0, 0.1) is 5.82 Å². The maximum Gasteiger partial charge on any atom is 0.254 e. The molecule has 1 aliphatic heterocycles. The molecule has 2 atom stereocenters. The number of carbonyl (C=O) groups is 2. The number of hydrogen-bond donors (Lipinski definition) is 2. The molecule has 1 heterocycles. The minimum absolute atomic E-state index is 0.0224. The van der Waals surface area contributed by atoms with Crippen molar-refractivity contribution in [2.45, 2.75) is 25.0 Å². The molecular weight excluding hydrogens is 463 g/mol. The Morgan fingerprint density at radius 1 is 0.806 bits per heavy atom. The molecule has 0 aromatic heterocycles. The van der Waals surface area contributed by atoms with E-state index in [-0.39, 0.29) is 12.2 Å². The summed E-state index contributed by atoms with van der Waals surface area (Å²) in [6.07, 6.45) is -3.24. The van der Waals surface area contributed by atoms with Gasteiger partial charge < -0.3 is 24.7 Å². The van der Waals surface area contributed by atoms with E-state index in [9.17, 15) is 24.2 Å². The molecule has 1 amide bonds. The van der Waals surface area contributed by atoms with Crippen LogP contribution in [-0.2, 0) is 16.0 Å². The number of nitrogens with zero attached hydrogens (tertiary/aromatic N) is 2. The van der Waals surface area contributed by atoms with Gasteiger partial charge in [0.1, 0.15) is 23.4 Å². The number of rotatable bonds is 9. The number of aliphatic hydroxyl groups excluding tert-OH is 2. The largest absolute Gasteiger partial charge is 0.457 e. The van der Waals surface area contributed by atoms with Crippen molar-refractivity contribution in [1.82, 2.24) is 4.90 Å². The van der Waals surface area contributed by atoms with E-state index in [0.717, 1.165) is 11.3 Å². The van der Waals surface area contributed by atoms with Crippen molar-refractivity contribution in [3.8, 4) is 11.5 Å². The molecule has 2 N–H and O–H groups in total. The number of Topliss-reactive ketones (excluding diaryl/α,β-unsaturated/α-hetero) is 1. The highest BCUT2D eigenvalue weighted by molar-refractivity contribution is 5.92. The first kappa shape index (κ1) is 25.3. The zero-order chi connectivity index (χ0) is 25.5. The minimum Gasteiger partial charge on any atom is -0.457 e. The van der Waals surface area contributed by atoms with Crippen molar-refractivity contribution in [3.63, 3.8) is 0 Å². The minimum atomic E-state index is -1.78. The zero-order valence-corrected chi connectivity index (χ0v) is 19.8. The molecule has 4 rings (SSSR count). The van der Waals surface area contributed by atoms with Crippen LogP contribution in [0.15, 0.2) is 78.9 Å².